The van der Waals surface area contributed by atoms with Crippen LogP contribution >= 0.6 is 0 Å². The lowest BCUT2D eigenvalue weighted by atomic mass is 9.70. The third kappa shape index (κ3) is 2.57. The molecule has 0 atom stereocenters. The van der Waals surface area contributed by atoms with Crippen molar-refractivity contribution >= 4 is 13.0 Å². The van der Waals surface area contributed by atoms with Gasteiger partial charge in [-0.05, 0) is 52.4 Å². The van der Waals surface area contributed by atoms with E-state index in [0.29, 0.717) is 32.4 Å². The normalized spacial score (nSPS) is 37.7. The molecule has 25 heavy (non-hydrogen) atoms. The van der Waals surface area contributed by atoms with Crippen molar-refractivity contribution in [3.05, 3.63) is 11.5 Å². The molecule has 0 aromatic rings. The van der Waals surface area contributed by atoms with Crippen LogP contribution in [0.15, 0.2) is 11.5 Å². The zero-order chi connectivity index (χ0) is 18.3. The number of rotatable bonds is 2. The molecule has 4 nitrogen and oxygen atoms in total. The van der Waals surface area contributed by atoms with Crippen LogP contribution in [0.3, 0.4) is 0 Å². The Morgan fingerprint density at radius 1 is 1.20 bits per heavy atom. The minimum Gasteiger partial charge on any atom is -0.400 e. The predicted octanol–water partition coefficient (Wildman–Crippen LogP) is 3.21. The molecule has 1 saturated heterocycles. The monoisotopic (exact) mass is 353 g/mol. The van der Waals surface area contributed by atoms with Crippen LogP contribution in [0.1, 0.15) is 53.4 Å². The van der Waals surface area contributed by atoms with Gasteiger partial charge >= 0.3 is 7.12 Å². The number of halogens is 2. The number of amides is 1. The zero-order valence-electron chi connectivity index (χ0n) is 15.4. The predicted molar refractivity (Wildman–Crippen MR) is 90.1 cm³/mol. The lowest BCUT2D eigenvalue weighted by Crippen LogP contribution is -2.46. The highest BCUT2D eigenvalue weighted by molar-refractivity contribution is 6.54. The van der Waals surface area contributed by atoms with Gasteiger partial charge < -0.3 is 14.2 Å². The molecule has 0 radical (unpaired) electrons. The van der Waals surface area contributed by atoms with Crippen LogP contribution < -0.4 is 0 Å². The fraction of sp³-hybridized carbons (Fsp3) is 0.833. The van der Waals surface area contributed by atoms with Crippen LogP contribution in [0.2, 0.25) is 0 Å². The van der Waals surface area contributed by atoms with E-state index in [4.69, 9.17) is 9.31 Å². The summed E-state index contributed by atoms with van der Waals surface area (Å²) >= 11 is 0. The number of carbonyl (C=O) groups is 1. The Morgan fingerprint density at radius 3 is 2.20 bits per heavy atom. The number of alkyl halides is 2. The van der Waals surface area contributed by atoms with E-state index in [-0.39, 0.29) is 36.6 Å². The highest BCUT2D eigenvalue weighted by Gasteiger charge is 2.76. The first-order valence-electron chi connectivity index (χ1n) is 9.18. The lowest BCUT2D eigenvalue weighted by Gasteiger charge is -2.39. The quantitative estimate of drug-likeness (QED) is 0.716. The number of carbonyl (C=O) groups excluding carboxylic acids is 1. The summed E-state index contributed by atoms with van der Waals surface area (Å²) in [6.07, 6.45) is 3.38. The van der Waals surface area contributed by atoms with Crippen molar-refractivity contribution in [2.45, 2.75) is 70.5 Å². The Bertz CT molecular complexity index is 624. The maximum Gasteiger partial charge on any atom is 0.490 e. The molecule has 0 N–H and O–H groups in total. The maximum atomic E-state index is 13.3. The van der Waals surface area contributed by atoms with Crippen molar-refractivity contribution in [2.75, 3.05) is 13.1 Å². The molecular weight excluding hydrogens is 327 g/mol. The molecule has 0 aromatic heterocycles. The average molecular weight is 353 g/mol. The van der Waals surface area contributed by atoms with E-state index in [1.54, 1.807) is 4.90 Å². The van der Waals surface area contributed by atoms with E-state index < -0.39 is 11.3 Å². The summed E-state index contributed by atoms with van der Waals surface area (Å²) in [6, 6.07) is 0. The van der Waals surface area contributed by atoms with Gasteiger partial charge in [-0.25, -0.2) is 8.78 Å². The Labute approximate surface area is 148 Å². The first-order valence-corrected chi connectivity index (χ1v) is 9.18. The van der Waals surface area contributed by atoms with Gasteiger partial charge in [0.25, 0.3) is 5.92 Å². The lowest BCUT2D eigenvalue weighted by molar-refractivity contribution is -0.142. The summed E-state index contributed by atoms with van der Waals surface area (Å²) in [6.45, 7) is 9.20. The number of nitrogens with zero attached hydrogens (tertiary/aromatic N) is 1. The summed E-state index contributed by atoms with van der Waals surface area (Å²) in [5.41, 5.74) is -0.517. The fourth-order valence-corrected chi connectivity index (χ4v) is 4.23. The van der Waals surface area contributed by atoms with Crippen molar-refractivity contribution < 1.29 is 22.9 Å². The van der Waals surface area contributed by atoms with Gasteiger partial charge in [0, 0.05) is 30.8 Å². The summed E-state index contributed by atoms with van der Waals surface area (Å²) in [4.78, 5) is 14.3. The third-order valence-corrected chi connectivity index (χ3v) is 6.95. The summed E-state index contributed by atoms with van der Waals surface area (Å²) in [7, 11) is -0.362. The molecule has 138 valence electrons. The van der Waals surface area contributed by atoms with E-state index in [1.165, 1.54) is 0 Å². The van der Waals surface area contributed by atoms with E-state index >= 15 is 0 Å². The molecule has 1 spiro atoms. The van der Waals surface area contributed by atoms with Crippen molar-refractivity contribution in [3.8, 4) is 0 Å². The molecule has 4 rings (SSSR count). The molecule has 0 aromatic carbocycles. The molecule has 2 heterocycles. The van der Waals surface area contributed by atoms with Crippen LogP contribution in [0, 0.1) is 11.3 Å². The summed E-state index contributed by atoms with van der Waals surface area (Å²) in [5.74, 6) is -2.73. The van der Waals surface area contributed by atoms with Gasteiger partial charge in [0.1, 0.15) is 0 Å². The first kappa shape index (κ1) is 17.5. The first-order chi connectivity index (χ1) is 11.5. The molecule has 2 saturated carbocycles. The van der Waals surface area contributed by atoms with Crippen LogP contribution in [0.25, 0.3) is 0 Å². The van der Waals surface area contributed by atoms with Crippen LogP contribution in [0.5, 0.6) is 0 Å². The second-order valence-corrected chi connectivity index (χ2v) is 9.17. The van der Waals surface area contributed by atoms with E-state index in [1.807, 2.05) is 33.8 Å². The number of hydrogen-bond acceptors (Lipinski definition) is 3. The second kappa shape index (κ2) is 5.06. The smallest absolute Gasteiger partial charge is 0.400 e. The molecule has 4 aliphatic rings. The Balaban J connectivity index is 1.33. The minimum atomic E-state index is -2.53. The van der Waals surface area contributed by atoms with Crippen LogP contribution in [-0.4, -0.2) is 48.1 Å². The fourth-order valence-electron chi connectivity index (χ4n) is 4.23. The Hall–Kier alpha value is -0.945. The summed E-state index contributed by atoms with van der Waals surface area (Å²) < 4.78 is 38.7. The molecule has 0 unspecified atom stereocenters. The highest BCUT2D eigenvalue weighted by atomic mass is 19.3. The second-order valence-electron chi connectivity index (χ2n) is 9.17. The van der Waals surface area contributed by atoms with Gasteiger partial charge in [-0.2, -0.15) is 0 Å². The van der Waals surface area contributed by atoms with E-state index in [2.05, 4.69) is 0 Å². The maximum absolute atomic E-state index is 13.3. The van der Waals surface area contributed by atoms with Gasteiger partial charge in [-0.3, -0.25) is 4.79 Å². The van der Waals surface area contributed by atoms with Gasteiger partial charge in [0.2, 0.25) is 5.91 Å². The molecule has 0 bridgehead atoms. The van der Waals surface area contributed by atoms with Crippen LogP contribution in [-0.2, 0) is 14.1 Å². The van der Waals surface area contributed by atoms with Gasteiger partial charge in [0.15, 0.2) is 0 Å². The van der Waals surface area contributed by atoms with E-state index in [9.17, 15) is 13.6 Å². The molecule has 3 fully saturated rings. The van der Waals surface area contributed by atoms with Crippen LogP contribution in [0.4, 0.5) is 8.78 Å². The topological polar surface area (TPSA) is 38.8 Å². The third-order valence-electron chi connectivity index (χ3n) is 6.95. The SMILES string of the molecule is CC1(C)OB(C2=CCN(C(=O)C3CC4(C3)CC4(F)F)CC2)OC1(C)C. The van der Waals surface area contributed by atoms with Gasteiger partial charge in [-0.15, -0.1) is 0 Å². The molecule has 2 aliphatic heterocycles. The van der Waals surface area contributed by atoms with Crippen molar-refractivity contribution in [1.29, 1.82) is 0 Å². The Morgan fingerprint density at radius 2 is 1.76 bits per heavy atom. The molecule has 2 aliphatic carbocycles. The van der Waals surface area contributed by atoms with Gasteiger partial charge in [-0.1, -0.05) is 6.08 Å². The zero-order valence-corrected chi connectivity index (χ0v) is 15.4. The highest BCUT2D eigenvalue weighted by Crippen LogP contribution is 2.72. The van der Waals surface area contributed by atoms with Crippen molar-refractivity contribution in [2.24, 2.45) is 11.3 Å². The average Bonchev–Trinajstić information content (AvgIpc) is 2.98. The largest absolute Gasteiger partial charge is 0.490 e. The minimum absolute atomic E-state index is 0.0255. The standard InChI is InChI=1S/C18H26BF2NO3/c1-15(2)16(3,4)25-19(24-15)13-5-7-22(8-6-13)14(23)12-9-17(10-12)11-18(17,20)21/h5,12H,6-11H2,1-4H3. The molecular formula is C18H26BF2NO3. The molecule has 7 heteroatoms. The summed E-state index contributed by atoms with van der Waals surface area (Å²) in [5, 5.41) is 0. The van der Waals surface area contributed by atoms with Crippen molar-refractivity contribution in [3.63, 3.8) is 0 Å². The Kier molecular flexibility index (Phi) is 3.54. The van der Waals surface area contributed by atoms with Gasteiger partial charge in [0.05, 0.1) is 11.2 Å². The van der Waals surface area contributed by atoms with Crippen molar-refractivity contribution in [1.82, 2.24) is 4.90 Å². The molecule has 1 amide bonds. The van der Waals surface area contributed by atoms with E-state index in [0.717, 1.165) is 5.47 Å². The number of hydrogen-bond donors (Lipinski definition) is 0.